The molecule has 0 spiro atoms. The molecule has 4 rings (SSSR count). The van der Waals surface area contributed by atoms with Crippen LogP contribution in [0.3, 0.4) is 0 Å². The summed E-state index contributed by atoms with van der Waals surface area (Å²) in [7, 11) is 0. The van der Waals surface area contributed by atoms with Gasteiger partial charge in [-0.05, 0) is 30.3 Å². The lowest BCUT2D eigenvalue weighted by Gasteiger charge is -2.15. The Morgan fingerprint density at radius 1 is 1.14 bits per heavy atom. The van der Waals surface area contributed by atoms with Gasteiger partial charge in [-0.15, -0.1) is 0 Å². The van der Waals surface area contributed by atoms with Gasteiger partial charge >= 0.3 is 0 Å². The van der Waals surface area contributed by atoms with Crippen LogP contribution >= 0.6 is 23.4 Å². The van der Waals surface area contributed by atoms with Crippen molar-refractivity contribution in [3.8, 4) is 0 Å². The first-order chi connectivity index (χ1) is 13.5. The smallest absolute Gasteiger partial charge is 0.262 e. The Hall–Kier alpha value is -2.58. The highest BCUT2D eigenvalue weighted by atomic mass is 35.5. The monoisotopic (exact) mass is 417 g/mol. The number of carbonyl (C=O) groups is 2. The third-order valence-electron chi connectivity index (χ3n) is 4.48. The molecule has 0 aliphatic carbocycles. The molecule has 0 radical (unpaired) electrons. The number of likely N-dealkylation sites (tertiary alicyclic amines) is 1. The molecule has 7 nitrogen and oxygen atoms in total. The minimum absolute atomic E-state index is 0.156. The summed E-state index contributed by atoms with van der Waals surface area (Å²) in [4.78, 5) is 42.4. The van der Waals surface area contributed by atoms with Gasteiger partial charge in [0.1, 0.15) is 5.76 Å². The van der Waals surface area contributed by atoms with Gasteiger partial charge in [0.25, 0.3) is 5.56 Å². The number of carbonyl (C=O) groups excluding carboxylic acids is 2. The van der Waals surface area contributed by atoms with E-state index in [-0.39, 0.29) is 43.3 Å². The van der Waals surface area contributed by atoms with Crippen molar-refractivity contribution < 1.29 is 14.0 Å². The lowest BCUT2D eigenvalue weighted by Crippen LogP contribution is -2.31. The fourth-order valence-electron chi connectivity index (χ4n) is 3.08. The molecule has 9 heteroatoms. The molecule has 2 aromatic heterocycles. The normalized spacial score (nSPS) is 14.4. The van der Waals surface area contributed by atoms with Crippen molar-refractivity contribution in [2.45, 2.75) is 24.5 Å². The molecule has 2 amide bonds. The number of benzene rings is 1. The van der Waals surface area contributed by atoms with E-state index < -0.39 is 0 Å². The van der Waals surface area contributed by atoms with Crippen molar-refractivity contribution >= 4 is 46.1 Å². The molecule has 0 N–H and O–H groups in total. The Kier molecular flexibility index (Phi) is 5.23. The van der Waals surface area contributed by atoms with Gasteiger partial charge < -0.3 is 4.42 Å². The number of thioether (sulfide) groups is 1. The predicted molar refractivity (Wildman–Crippen MR) is 106 cm³/mol. The zero-order valence-electron chi connectivity index (χ0n) is 14.8. The number of furan rings is 1. The molecule has 1 saturated heterocycles. The van der Waals surface area contributed by atoms with Gasteiger partial charge in [0, 0.05) is 30.2 Å². The zero-order valence-corrected chi connectivity index (χ0v) is 16.3. The molecule has 0 unspecified atom stereocenters. The Bertz CT molecular complexity index is 1090. The summed E-state index contributed by atoms with van der Waals surface area (Å²) in [5.41, 5.74) is 0.304. The number of aromatic nitrogens is 2. The minimum atomic E-state index is -0.200. The van der Waals surface area contributed by atoms with Crippen LogP contribution in [0.2, 0.25) is 5.02 Å². The van der Waals surface area contributed by atoms with Crippen LogP contribution in [-0.4, -0.2) is 38.6 Å². The van der Waals surface area contributed by atoms with Crippen molar-refractivity contribution in [3.05, 3.63) is 57.7 Å². The van der Waals surface area contributed by atoms with E-state index >= 15 is 0 Å². The van der Waals surface area contributed by atoms with Gasteiger partial charge in [0.15, 0.2) is 5.16 Å². The molecular formula is C19H16ClN3O4S. The van der Waals surface area contributed by atoms with Crippen molar-refractivity contribution in [2.24, 2.45) is 0 Å². The summed E-state index contributed by atoms with van der Waals surface area (Å²) in [6.07, 6.45) is 2.07. The van der Waals surface area contributed by atoms with E-state index in [4.69, 9.17) is 16.0 Å². The van der Waals surface area contributed by atoms with Gasteiger partial charge in [-0.3, -0.25) is 23.9 Å². The number of hydrogen-bond donors (Lipinski definition) is 0. The lowest BCUT2D eigenvalue weighted by atomic mass is 10.2. The Labute approximate surface area is 169 Å². The summed E-state index contributed by atoms with van der Waals surface area (Å²) < 4.78 is 6.91. The minimum Gasteiger partial charge on any atom is -0.467 e. The summed E-state index contributed by atoms with van der Waals surface area (Å²) >= 11 is 7.36. The molecule has 1 fully saturated rings. The second-order valence-electron chi connectivity index (χ2n) is 6.31. The fourth-order valence-corrected chi connectivity index (χ4v) is 4.17. The quantitative estimate of drug-likeness (QED) is 0.348. The highest BCUT2D eigenvalue weighted by molar-refractivity contribution is 7.99. The first-order valence-corrected chi connectivity index (χ1v) is 10.1. The van der Waals surface area contributed by atoms with E-state index in [1.54, 1.807) is 36.6 Å². The number of fused-ring (bicyclic) bond motifs is 1. The number of halogens is 1. The van der Waals surface area contributed by atoms with Crippen molar-refractivity contribution in [1.82, 2.24) is 14.5 Å². The Balaban J connectivity index is 1.65. The molecule has 0 atom stereocenters. The second kappa shape index (κ2) is 7.81. The summed E-state index contributed by atoms with van der Waals surface area (Å²) in [5.74, 6) is 0.756. The first-order valence-electron chi connectivity index (χ1n) is 8.71. The summed E-state index contributed by atoms with van der Waals surface area (Å²) in [6, 6.07) is 8.50. The lowest BCUT2D eigenvalue weighted by molar-refractivity contribution is -0.137. The van der Waals surface area contributed by atoms with Crippen LogP contribution in [0.15, 0.2) is 51.0 Å². The largest absolute Gasteiger partial charge is 0.467 e. The van der Waals surface area contributed by atoms with Gasteiger partial charge in [-0.25, -0.2) is 4.98 Å². The van der Waals surface area contributed by atoms with E-state index in [1.165, 1.54) is 21.2 Å². The van der Waals surface area contributed by atoms with Crippen molar-refractivity contribution in [3.63, 3.8) is 0 Å². The van der Waals surface area contributed by atoms with Crippen LogP contribution in [-0.2, 0) is 16.1 Å². The molecular weight excluding hydrogens is 402 g/mol. The number of amides is 2. The van der Waals surface area contributed by atoms with Gasteiger partial charge in [0.2, 0.25) is 11.8 Å². The maximum absolute atomic E-state index is 13.0. The SMILES string of the molecule is O=C1CCC(=O)N1CCSc1nc2cc(Cl)ccc2c(=O)n1Cc1ccco1. The van der Waals surface area contributed by atoms with Crippen molar-refractivity contribution in [1.29, 1.82) is 0 Å². The molecule has 1 aliphatic heterocycles. The summed E-state index contributed by atoms with van der Waals surface area (Å²) in [6.45, 7) is 0.522. The van der Waals surface area contributed by atoms with Crippen molar-refractivity contribution in [2.75, 3.05) is 12.3 Å². The van der Waals surface area contributed by atoms with Crippen LogP contribution in [0, 0.1) is 0 Å². The van der Waals surface area contributed by atoms with Crippen LogP contribution in [0.4, 0.5) is 0 Å². The zero-order chi connectivity index (χ0) is 19.7. The van der Waals surface area contributed by atoms with Crippen LogP contribution in [0.25, 0.3) is 10.9 Å². The number of hydrogen-bond acceptors (Lipinski definition) is 6. The van der Waals surface area contributed by atoms with Crippen LogP contribution in [0.5, 0.6) is 0 Å². The van der Waals surface area contributed by atoms with Gasteiger partial charge in [-0.2, -0.15) is 0 Å². The average molecular weight is 418 g/mol. The second-order valence-corrected chi connectivity index (χ2v) is 7.81. The molecule has 1 aliphatic rings. The topological polar surface area (TPSA) is 85.4 Å². The summed E-state index contributed by atoms with van der Waals surface area (Å²) in [5, 5.41) is 1.44. The number of imide groups is 1. The standard InChI is InChI=1S/C19H16ClN3O4S/c20-12-3-4-14-15(10-12)21-19(23(18(14)26)11-13-2-1-8-27-13)28-9-7-22-16(24)5-6-17(22)25/h1-4,8,10H,5-7,9,11H2. The first kappa shape index (κ1) is 18.8. The van der Waals surface area contributed by atoms with E-state index in [0.717, 1.165) is 0 Å². The fraction of sp³-hybridized carbons (Fsp3) is 0.263. The third kappa shape index (κ3) is 3.70. The number of nitrogens with zero attached hydrogens (tertiary/aromatic N) is 3. The van der Waals surface area contributed by atoms with E-state index in [0.29, 0.717) is 32.6 Å². The molecule has 1 aromatic carbocycles. The molecule has 0 saturated carbocycles. The maximum atomic E-state index is 13.0. The van der Waals surface area contributed by atoms with E-state index in [1.807, 2.05) is 0 Å². The Morgan fingerprint density at radius 2 is 1.93 bits per heavy atom. The third-order valence-corrected chi connectivity index (χ3v) is 5.67. The molecule has 144 valence electrons. The highest BCUT2D eigenvalue weighted by Crippen LogP contribution is 2.22. The van der Waals surface area contributed by atoms with Gasteiger partial charge in [-0.1, -0.05) is 23.4 Å². The molecule has 0 bridgehead atoms. The van der Waals surface area contributed by atoms with Gasteiger partial charge in [0.05, 0.1) is 23.7 Å². The molecule has 3 aromatic rings. The molecule has 28 heavy (non-hydrogen) atoms. The van der Waals surface area contributed by atoms with Crippen LogP contribution < -0.4 is 5.56 Å². The van der Waals surface area contributed by atoms with Crippen LogP contribution in [0.1, 0.15) is 18.6 Å². The highest BCUT2D eigenvalue weighted by Gasteiger charge is 2.28. The predicted octanol–water partition coefficient (Wildman–Crippen LogP) is 2.93. The average Bonchev–Trinajstić information content (AvgIpc) is 3.29. The van der Waals surface area contributed by atoms with E-state index in [9.17, 15) is 14.4 Å². The van der Waals surface area contributed by atoms with E-state index in [2.05, 4.69) is 4.98 Å². The number of rotatable bonds is 6. The molecule has 3 heterocycles. The maximum Gasteiger partial charge on any atom is 0.262 e. The Morgan fingerprint density at radius 3 is 2.64 bits per heavy atom.